The van der Waals surface area contributed by atoms with E-state index in [1.165, 1.54) is 0 Å². The van der Waals surface area contributed by atoms with Gasteiger partial charge in [-0.05, 0) is 24.1 Å². The molecule has 1 aliphatic heterocycles. The van der Waals surface area contributed by atoms with E-state index in [0.717, 1.165) is 44.0 Å². The predicted octanol–water partition coefficient (Wildman–Crippen LogP) is 3.33. The predicted molar refractivity (Wildman–Crippen MR) is 108 cm³/mol. The SMILES string of the molecule is Cl.O=S(=O)(CCCN1CCOCC1)C(c1ccccc1)c1ccccc1. The summed E-state index contributed by atoms with van der Waals surface area (Å²) in [5.74, 6) is 0.193. The van der Waals surface area contributed by atoms with Crippen LogP contribution in [0.1, 0.15) is 22.8 Å². The van der Waals surface area contributed by atoms with Gasteiger partial charge in [-0.25, -0.2) is 8.42 Å². The van der Waals surface area contributed by atoms with Crippen molar-refractivity contribution in [2.24, 2.45) is 0 Å². The van der Waals surface area contributed by atoms with Crippen LogP contribution in [-0.4, -0.2) is 51.9 Å². The van der Waals surface area contributed by atoms with Crippen molar-refractivity contribution >= 4 is 22.2 Å². The summed E-state index contributed by atoms with van der Waals surface area (Å²) in [5.41, 5.74) is 1.67. The minimum atomic E-state index is -3.29. The molecule has 0 atom stereocenters. The zero-order valence-electron chi connectivity index (χ0n) is 14.8. The minimum absolute atomic E-state index is 0. The third kappa shape index (κ3) is 5.55. The van der Waals surface area contributed by atoms with Crippen LogP contribution in [0.25, 0.3) is 0 Å². The second-order valence-corrected chi connectivity index (χ2v) is 8.58. The van der Waals surface area contributed by atoms with Gasteiger partial charge < -0.3 is 4.74 Å². The number of morpholine rings is 1. The first-order valence-electron chi connectivity index (χ1n) is 8.78. The maximum absolute atomic E-state index is 13.1. The summed E-state index contributed by atoms with van der Waals surface area (Å²) in [6, 6.07) is 19.0. The van der Waals surface area contributed by atoms with E-state index >= 15 is 0 Å². The highest BCUT2D eigenvalue weighted by atomic mass is 35.5. The molecule has 0 saturated carbocycles. The fraction of sp³-hybridized carbons (Fsp3) is 0.400. The Morgan fingerprint density at radius 3 is 1.88 bits per heavy atom. The number of rotatable bonds is 7. The third-order valence-corrected chi connectivity index (χ3v) is 6.69. The van der Waals surface area contributed by atoms with Gasteiger partial charge in [0.05, 0.1) is 19.0 Å². The Kier molecular flexibility index (Phi) is 8.10. The Morgan fingerprint density at radius 1 is 0.885 bits per heavy atom. The smallest absolute Gasteiger partial charge is 0.161 e. The van der Waals surface area contributed by atoms with Crippen molar-refractivity contribution in [1.82, 2.24) is 4.90 Å². The molecule has 0 aromatic heterocycles. The van der Waals surface area contributed by atoms with E-state index < -0.39 is 15.1 Å². The quantitative estimate of drug-likeness (QED) is 0.721. The Labute approximate surface area is 162 Å². The molecule has 0 amide bonds. The van der Waals surface area contributed by atoms with Gasteiger partial charge >= 0.3 is 0 Å². The van der Waals surface area contributed by atoms with Crippen molar-refractivity contribution in [3.63, 3.8) is 0 Å². The van der Waals surface area contributed by atoms with Crippen molar-refractivity contribution in [3.8, 4) is 0 Å². The summed E-state index contributed by atoms with van der Waals surface area (Å²) in [5, 5.41) is -0.598. The molecular formula is C20H26ClNO3S. The molecule has 2 aromatic rings. The van der Waals surface area contributed by atoms with Crippen LogP contribution in [0.5, 0.6) is 0 Å². The molecule has 1 heterocycles. The van der Waals surface area contributed by atoms with E-state index in [4.69, 9.17) is 4.74 Å². The number of hydrogen-bond acceptors (Lipinski definition) is 4. The van der Waals surface area contributed by atoms with Crippen molar-refractivity contribution < 1.29 is 13.2 Å². The molecule has 2 aromatic carbocycles. The molecule has 1 fully saturated rings. The van der Waals surface area contributed by atoms with Gasteiger partial charge in [-0.15, -0.1) is 12.4 Å². The van der Waals surface area contributed by atoms with E-state index in [1.807, 2.05) is 60.7 Å². The lowest BCUT2D eigenvalue weighted by Gasteiger charge is -2.26. The van der Waals surface area contributed by atoms with Crippen LogP contribution in [0.2, 0.25) is 0 Å². The van der Waals surface area contributed by atoms with Gasteiger partial charge in [0.25, 0.3) is 0 Å². The van der Waals surface area contributed by atoms with Crippen molar-refractivity contribution in [2.75, 3.05) is 38.6 Å². The zero-order chi connectivity index (χ0) is 17.5. The van der Waals surface area contributed by atoms with E-state index in [-0.39, 0.29) is 18.2 Å². The number of halogens is 1. The lowest BCUT2D eigenvalue weighted by Crippen LogP contribution is -2.37. The number of hydrogen-bond donors (Lipinski definition) is 0. The van der Waals surface area contributed by atoms with Crippen molar-refractivity contribution in [2.45, 2.75) is 11.7 Å². The molecule has 0 unspecified atom stereocenters. The molecule has 26 heavy (non-hydrogen) atoms. The number of nitrogens with zero attached hydrogens (tertiary/aromatic N) is 1. The standard InChI is InChI=1S/C20H25NO3S.ClH/c22-25(23,17-7-12-21-13-15-24-16-14-21)20(18-8-3-1-4-9-18)19-10-5-2-6-11-19;/h1-6,8-11,20H,7,12-17H2;1H. The lowest BCUT2D eigenvalue weighted by atomic mass is 10.0. The van der Waals surface area contributed by atoms with Gasteiger partial charge in [0.1, 0.15) is 5.25 Å². The highest BCUT2D eigenvalue weighted by Crippen LogP contribution is 2.31. The monoisotopic (exact) mass is 395 g/mol. The molecule has 0 N–H and O–H groups in total. The molecule has 6 heteroatoms. The molecular weight excluding hydrogens is 370 g/mol. The van der Waals surface area contributed by atoms with Gasteiger partial charge in [0, 0.05) is 13.1 Å². The second kappa shape index (κ2) is 10.1. The van der Waals surface area contributed by atoms with Gasteiger partial charge in [0.15, 0.2) is 9.84 Å². The molecule has 3 rings (SSSR count). The van der Waals surface area contributed by atoms with Gasteiger partial charge in [-0.2, -0.15) is 0 Å². The Morgan fingerprint density at radius 2 is 1.38 bits per heavy atom. The van der Waals surface area contributed by atoms with E-state index in [0.29, 0.717) is 6.42 Å². The van der Waals surface area contributed by atoms with Crippen LogP contribution >= 0.6 is 12.4 Å². The third-order valence-electron chi connectivity index (χ3n) is 4.57. The highest BCUT2D eigenvalue weighted by molar-refractivity contribution is 7.91. The zero-order valence-corrected chi connectivity index (χ0v) is 16.4. The van der Waals surface area contributed by atoms with Crippen LogP contribution in [0.4, 0.5) is 0 Å². The van der Waals surface area contributed by atoms with Crippen LogP contribution in [0, 0.1) is 0 Å². The maximum Gasteiger partial charge on any atom is 0.161 e. The lowest BCUT2D eigenvalue weighted by molar-refractivity contribution is 0.0381. The highest BCUT2D eigenvalue weighted by Gasteiger charge is 2.28. The van der Waals surface area contributed by atoms with Crippen molar-refractivity contribution in [1.29, 1.82) is 0 Å². The first-order valence-corrected chi connectivity index (χ1v) is 10.5. The number of ether oxygens (including phenoxy) is 1. The summed E-state index contributed by atoms with van der Waals surface area (Å²) >= 11 is 0. The van der Waals surface area contributed by atoms with Gasteiger partial charge in [-0.3, -0.25) is 4.90 Å². The van der Waals surface area contributed by atoms with Gasteiger partial charge in [0.2, 0.25) is 0 Å². The summed E-state index contributed by atoms with van der Waals surface area (Å²) < 4.78 is 31.6. The Hall–Kier alpha value is -1.40. The molecule has 0 bridgehead atoms. The summed E-state index contributed by atoms with van der Waals surface area (Å²) in [6.07, 6.45) is 0.651. The summed E-state index contributed by atoms with van der Waals surface area (Å²) in [6.45, 7) is 4.06. The Bertz CT molecular complexity index is 708. The first kappa shape index (κ1) is 20.9. The fourth-order valence-corrected chi connectivity index (χ4v) is 5.21. The van der Waals surface area contributed by atoms with E-state index in [1.54, 1.807) is 0 Å². The second-order valence-electron chi connectivity index (χ2n) is 6.38. The minimum Gasteiger partial charge on any atom is -0.379 e. The van der Waals surface area contributed by atoms with E-state index in [9.17, 15) is 8.42 Å². The average Bonchev–Trinajstić information content (AvgIpc) is 2.64. The van der Waals surface area contributed by atoms with E-state index in [2.05, 4.69) is 4.90 Å². The van der Waals surface area contributed by atoms with Crippen LogP contribution < -0.4 is 0 Å². The topological polar surface area (TPSA) is 46.6 Å². The van der Waals surface area contributed by atoms with Crippen molar-refractivity contribution in [3.05, 3.63) is 71.8 Å². The van der Waals surface area contributed by atoms with Crippen LogP contribution in [0.15, 0.2) is 60.7 Å². The Balaban J connectivity index is 0.00000243. The fourth-order valence-electron chi connectivity index (χ4n) is 3.29. The molecule has 1 saturated heterocycles. The maximum atomic E-state index is 13.1. The molecule has 0 aliphatic carbocycles. The normalized spacial score (nSPS) is 15.6. The summed E-state index contributed by atoms with van der Waals surface area (Å²) in [7, 11) is -3.29. The average molecular weight is 396 g/mol. The molecule has 0 radical (unpaired) electrons. The molecule has 0 spiro atoms. The van der Waals surface area contributed by atoms with Crippen LogP contribution in [-0.2, 0) is 14.6 Å². The molecule has 4 nitrogen and oxygen atoms in total. The molecule has 142 valence electrons. The number of benzene rings is 2. The van der Waals surface area contributed by atoms with Crippen LogP contribution in [0.3, 0.4) is 0 Å². The largest absolute Gasteiger partial charge is 0.379 e. The first-order chi connectivity index (χ1) is 12.2. The molecule has 1 aliphatic rings. The number of sulfone groups is 1. The van der Waals surface area contributed by atoms with Gasteiger partial charge in [-0.1, -0.05) is 60.7 Å². The summed E-state index contributed by atoms with van der Waals surface area (Å²) in [4.78, 5) is 2.28.